The summed E-state index contributed by atoms with van der Waals surface area (Å²) in [6.07, 6.45) is 6.23. The third-order valence-corrected chi connectivity index (χ3v) is 6.14. The van der Waals surface area contributed by atoms with Crippen molar-refractivity contribution in [3.63, 3.8) is 0 Å². The highest BCUT2D eigenvalue weighted by Gasteiger charge is 2.43. The van der Waals surface area contributed by atoms with E-state index < -0.39 is 5.60 Å². The van der Waals surface area contributed by atoms with Gasteiger partial charge in [0.1, 0.15) is 12.4 Å². The molecule has 3 heteroatoms. The maximum atomic E-state index is 11.3. The van der Waals surface area contributed by atoms with Gasteiger partial charge in [-0.15, -0.1) is 0 Å². The third-order valence-electron chi connectivity index (χ3n) is 6.14. The molecular formula is C23H29NO2. The van der Waals surface area contributed by atoms with Gasteiger partial charge in [0, 0.05) is 18.5 Å². The van der Waals surface area contributed by atoms with Gasteiger partial charge >= 0.3 is 0 Å². The van der Waals surface area contributed by atoms with Crippen molar-refractivity contribution in [3.05, 3.63) is 65.7 Å². The normalized spacial score (nSPS) is 28.7. The van der Waals surface area contributed by atoms with E-state index in [9.17, 15) is 5.11 Å². The van der Waals surface area contributed by atoms with Gasteiger partial charge in [-0.3, -0.25) is 0 Å². The molecule has 2 aromatic rings. The van der Waals surface area contributed by atoms with Crippen LogP contribution >= 0.6 is 0 Å². The third kappa shape index (κ3) is 3.94. The molecule has 2 saturated heterocycles. The van der Waals surface area contributed by atoms with Crippen molar-refractivity contribution < 1.29 is 9.84 Å². The number of hydrogen-bond acceptors (Lipinski definition) is 3. The van der Waals surface area contributed by atoms with Crippen molar-refractivity contribution in [1.82, 2.24) is 4.90 Å². The smallest absolute Gasteiger partial charge is 0.120 e. The molecule has 2 unspecified atom stereocenters. The van der Waals surface area contributed by atoms with E-state index in [2.05, 4.69) is 36.2 Å². The lowest BCUT2D eigenvalue weighted by atomic mass is 9.73. The molecule has 4 rings (SSSR count). The summed E-state index contributed by atoms with van der Waals surface area (Å²) in [5.41, 5.74) is 1.75. The van der Waals surface area contributed by atoms with E-state index >= 15 is 0 Å². The van der Waals surface area contributed by atoms with Crippen LogP contribution in [0.2, 0.25) is 0 Å². The zero-order valence-electron chi connectivity index (χ0n) is 15.6. The van der Waals surface area contributed by atoms with Crippen LogP contribution in [0.3, 0.4) is 0 Å². The van der Waals surface area contributed by atoms with Gasteiger partial charge < -0.3 is 14.7 Å². The van der Waals surface area contributed by atoms with Crippen molar-refractivity contribution >= 4 is 0 Å². The van der Waals surface area contributed by atoms with Crippen LogP contribution < -0.4 is 4.74 Å². The van der Waals surface area contributed by atoms with E-state index in [1.54, 1.807) is 0 Å². The summed E-state index contributed by atoms with van der Waals surface area (Å²) in [7, 11) is 2.23. The van der Waals surface area contributed by atoms with E-state index in [1.165, 1.54) is 30.4 Å². The molecule has 2 fully saturated rings. The molecule has 2 aromatic carbocycles. The molecule has 2 aliphatic rings. The van der Waals surface area contributed by atoms with Gasteiger partial charge in [-0.05, 0) is 56.0 Å². The lowest BCUT2D eigenvalue weighted by Gasteiger charge is -2.50. The Labute approximate surface area is 156 Å². The average molecular weight is 351 g/mol. The molecule has 1 N–H and O–H groups in total. The summed E-state index contributed by atoms with van der Waals surface area (Å²) in [5, 5.41) is 11.3. The highest BCUT2D eigenvalue weighted by molar-refractivity contribution is 5.30. The van der Waals surface area contributed by atoms with Gasteiger partial charge in [0.05, 0.1) is 5.60 Å². The van der Waals surface area contributed by atoms with Crippen LogP contribution in [0, 0.1) is 0 Å². The van der Waals surface area contributed by atoms with Crippen molar-refractivity contribution in [2.75, 3.05) is 7.05 Å². The first kappa shape index (κ1) is 17.6. The number of ether oxygens (including phenoxy) is 1. The maximum absolute atomic E-state index is 11.3. The van der Waals surface area contributed by atoms with Crippen LogP contribution in [0.1, 0.15) is 43.2 Å². The van der Waals surface area contributed by atoms with Crippen LogP contribution in [-0.4, -0.2) is 34.7 Å². The number of benzene rings is 2. The average Bonchev–Trinajstić information content (AvgIpc) is 2.63. The van der Waals surface area contributed by atoms with Crippen molar-refractivity contribution in [1.29, 1.82) is 0 Å². The summed E-state index contributed by atoms with van der Waals surface area (Å²) in [6.45, 7) is 0.573. The number of hydrogen-bond donors (Lipinski definition) is 1. The Morgan fingerprint density at radius 2 is 1.69 bits per heavy atom. The van der Waals surface area contributed by atoms with Gasteiger partial charge in [0.25, 0.3) is 0 Å². The molecule has 2 heterocycles. The Bertz CT molecular complexity index is 716. The van der Waals surface area contributed by atoms with Crippen molar-refractivity contribution in [3.8, 4) is 5.75 Å². The predicted molar refractivity (Wildman–Crippen MR) is 104 cm³/mol. The Balaban J connectivity index is 1.42. The van der Waals surface area contributed by atoms with Crippen LogP contribution in [0.5, 0.6) is 5.75 Å². The fourth-order valence-electron chi connectivity index (χ4n) is 4.76. The zero-order valence-corrected chi connectivity index (χ0v) is 15.6. The van der Waals surface area contributed by atoms with Crippen LogP contribution in [0.15, 0.2) is 54.6 Å². The first-order valence-electron chi connectivity index (χ1n) is 9.81. The van der Waals surface area contributed by atoms with Gasteiger partial charge in [0.2, 0.25) is 0 Å². The molecule has 0 amide bonds. The summed E-state index contributed by atoms with van der Waals surface area (Å²) in [5.74, 6) is 0.878. The van der Waals surface area contributed by atoms with Gasteiger partial charge in [-0.25, -0.2) is 0 Å². The molecule has 2 atom stereocenters. The highest BCUT2D eigenvalue weighted by Crippen LogP contribution is 2.40. The molecule has 0 aromatic heterocycles. The largest absolute Gasteiger partial charge is 0.489 e. The second-order valence-corrected chi connectivity index (χ2v) is 8.14. The van der Waals surface area contributed by atoms with E-state index in [0.717, 1.165) is 25.0 Å². The monoisotopic (exact) mass is 351 g/mol. The summed E-state index contributed by atoms with van der Waals surface area (Å²) in [4.78, 5) is 2.50. The maximum Gasteiger partial charge on any atom is 0.120 e. The minimum atomic E-state index is -0.583. The lowest BCUT2D eigenvalue weighted by molar-refractivity contribution is -0.0820. The van der Waals surface area contributed by atoms with Crippen molar-refractivity contribution in [2.45, 2.75) is 62.8 Å². The molecule has 2 bridgehead atoms. The second-order valence-electron chi connectivity index (χ2n) is 8.14. The molecule has 26 heavy (non-hydrogen) atoms. The molecule has 3 nitrogen and oxygen atoms in total. The van der Waals surface area contributed by atoms with E-state index in [0.29, 0.717) is 18.7 Å². The Hall–Kier alpha value is -1.84. The molecule has 0 aliphatic carbocycles. The standard InChI is InChI=1S/C23H29NO2/c1-24-20-10-6-11-21(24)16-23(25,15-20)14-19-9-5-12-22(13-19)26-17-18-7-3-2-4-8-18/h2-5,7-9,12-13,20-21,25H,6,10-11,14-17H2,1H3. The minimum Gasteiger partial charge on any atom is -0.489 e. The highest BCUT2D eigenvalue weighted by atomic mass is 16.5. The summed E-state index contributed by atoms with van der Waals surface area (Å²) in [6, 6.07) is 19.5. The van der Waals surface area contributed by atoms with E-state index in [1.807, 2.05) is 30.3 Å². The summed E-state index contributed by atoms with van der Waals surface area (Å²) < 4.78 is 5.96. The van der Waals surface area contributed by atoms with Crippen LogP contribution in [-0.2, 0) is 13.0 Å². The molecule has 0 radical (unpaired) electrons. The molecule has 0 spiro atoms. The van der Waals surface area contributed by atoms with Gasteiger partial charge in [-0.2, -0.15) is 0 Å². The Morgan fingerprint density at radius 3 is 2.42 bits per heavy atom. The lowest BCUT2D eigenvalue weighted by Crippen LogP contribution is -2.57. The second kappa shape index (κ2) is 7.42. The quantitative estimate of drug-likeness (QED) is 0.877. The predicted octanol–water partition coefficient (Wildman–Crippen LogP) is 4.19. The molecular weight excluding hydrogens is 322 g/mol. The van der Waals surface area contributed by atoms with Gasteiger partial charge in [0.15, 0.2) is 0 Å². The van der Waals surface area contributed by atoms with E-state index in [4.69, 9.17) is 4.74 Å². The Kier molecular flexibility index (Phi) is 5.01. The first-order chi connectivity index (χ1) is 12.6. The first-order valence-corrected chi connectivity index (χ1v) is 9.81. The molecule has 0 saturated carbocycles. The van der Waals surface area contributed by atoms with Gasteiger partial charge in [-0.1, -0.05) is 48.9 Å². The van der Waals surface area contributed by atoms with E-state index in [-0.39, 0.29) is 0 Å². The fraction of sp³-hybridized carbons (Fsp3) is 0.478. The number of fused-ring (bicyclic) bond motifs is 2. The van der Waals surface area contributed by atoms with Crippen molar-refractivity contribution in [2.24, 2.45) is 0 Å². The topological polar surface area (TPSA) is 32.7 Å². The Morgan fingerprint density at radius 1 is 1.00 bits per heavy atom. The SMILES string of the molecule is CN1C2CCCC1CC(O)(Cc1cccc(OCc3ccccc3)c1)C2. The number of rotatable bonds is 5. The number of nitrogens with zero attached hydrogens (tertiary/aromatic N) is 1. The zero-order chi connectivity index (χ0) is 18.0. The summed E-state index contributed by atoms with van der Waals surface area (Å²) >= 11 is 0. The molecule has 138 valence electrons. The van der Waals surface area contributed by atoms with Crippen LogP contribution in [0.4, 0.5) is 0 Å². The number of aliphatic hydroxyl groups is 1. The molecule has 2 aliphatic heterocycles. The fourth-order valence-corrected chi connectivity index (χ4v) is 4.76. The minimum absolute atomic E-state index is 0.532. The van der Waals surface area contributed by atoms with Crippen LogP contribution in [0.25, 0.3) is 0 Å². The number of piperidine rings is 2.